The predicted molar refractivity (Wildman–Crippen MR) is 66.8 cm³/mol. The quantitative estimate of drug-likeness (QED) is 0.801. The van der Waals surface area contributed by atoms with E-state index in [1.54, 1.807) is 6.07 Å². The Hall–Kier alpha value is -2.08. The molecule has 0 unspecified atom stereocenters. The summed E-state index contributed by atoms with van der Waals surface area (Å²) in [7, 11) is 0. The zero-order valence-electron chi connectivity index (χ0n) is 9.82. The minimum absolute atomic E-state index is 0.0692. The molecule has 7 heteroatoms. The van der Waals surface area contributed by atoms with Crippen LogP contribution in [0.3, 0.4) is 0 Å². The summed E-state index contributed by atoms with van der Waals surface area (Å²) < 4.78 is 39.8. The molecular weight excluding hydrogens is 295 g/mol. The van der Waals surface area contributed by atoms with E-state index in [0.29, 0.717) is 17.5 Å². The van der Waals surface area contributed by atoms with E-state index in [-0.39, 0.29) is 16.5 Å². The normalized spacial score (nSPS) is 11.2. The van der Waals surface area contributed by atoms with Crippen molar-refractivity contribution in [2.24, 2.45) is 0 Å². The molecule has 0 amide bonds. The first-order chi connectivity index (χ1) is 9.39. The number of aromatic nitrogens is 1. The molecule has 0 saturated heterocycles. The van der Waals surface area contributed by atoms with Gasteiger partial charge < -0.3 is 4.74 Å². The van der Waals surface area contributed by atoms with E-state index in [9.17, 15) is 18.0 Å². The zero-order chi connectivity index (χ0) is 14.8. The molecule has 20 heavy (non-hydrogen) atoms. The predicted octanol–water partition coefficient (Wildman–Crippen LogP) is 4.11. The van der Waals surface area contributed by atoms with Gasteiger partial charge in [-0.1, -0.05) is 11.6 Å². The molecule has 0 fully saturated rings. The summed E-state index contributed by atoms with van der Waals surface area (Å²) in [5.41, 5.74) is 1.04. The Labute approximate surface area is 117 Å². The third-order valence-corrected chi connectivity index (χ3v) is 2.69. The van der Waals surface area contributed by atoms with Crippen LogP contribution in [-0.4, -0.2) is 17.6 Å². The maximum absolute atomic E-state index is 12.0. The first-order valence-electron chi connectivity index (χ1n) is 5.37. The number of pyridine rings is 1. The molecule has 0 aliphatic rings. The molecule has 0 bridgehead atoms. The Balaban J connectivity index is 2.28. The lowest BCUT2D eigenvalue weighted by Crippen LogP contribution is -2.16. The summed E-state index contributed by atoms with van der Waals surface area (Å²) in [6.07, 6.45) is -4.22. The van der Waals surface area contributed by atoms with E-state index >= 15 is 0 Å². The Kier molecular flexibility index (Phi) is 3.94. The van der Waals surface area contributed by atoms with Gasteiger partial charge in [-0.2, -0.15) is 0 Å². The van der Waals surface area contributed by atoms with E-state index < -0.39 is 6.36 Å². The van der Waals surface area contributed by atoms with Crippen molar-refractivity contribution in [3.8, 4) is 17.0 Å². The second-order valence-corrected chi connectivity index (χ2v) is 4.16. The van der Waals surface area contributed by atoms with Crippen LogP contribution in [0.1, 0.15) is 10.5 Å². The van der Waals surface area contributed by atoms with Gasteiger partial charge in [-0.3, -0.25) is 4.79 Å². The van der Waals surface area contributed by atoms with E-state index in [2.05, 4.69) is 9.72 Å². The van der Waals surface area contributed by atoms with E-state index in [4.69, 9.17) is 11.6 Å². The first-order valence-corrected chi connectivity index (χ1v) is 5.75. The Morgan fingerprint density at radius 3 is 2.30 bits per heavy atom. The second kappa shape index (κ2) is 5.50. The van der Waals surface area contributed by atoms with Crippen molar-refractivity contribution < 1.29 is 22.7 Å². The number of hydrogen-bond acceptors (Lipinski definition) is 3. The molecule has 3 nitrogen and oxygen atoms in total. The average Bonchev–Trinajstić information content (AvgIpc) is 2.38. The summed E-state index contributed by atoms with van der Waals surface area (Å²) in [5, 5.41) is 0.209. The summed E-state index contributed by atoms with van der Waals surface area (Å²) in [6, 6.07) is 8.21. The molecule has 0 radical (unpaired) electrons. The summed E-state index contributed by atoms with van der Waals surface area (Å²) in [5.74, 6) is -0.328. The molecule has 0 aliphatic heterocycles. The maximum Gasteiger partial charge on any atom is 0.573 e. The highest BCUT2D eigenvalue weighted by Gasteiger charge is 2.30. The number of nitrogens with zero attached hydrogens (tertiary/aromatic N) is 1. The van der Waals surface area contributed by atoms with E-state index in [0.717, 1.165) is 0 Å². The Bertz CT molecular complexity index is 627. The molecule has 1 aromatic heterocycles. The van der Waals surface area contributed by atoms with Crippen molar-refractivity contribution in [3.63, 3.8) is 0 Å². The van der Waals surface area contributed by atoms with Crippen LogP contribution < -0.4 is 4.74 Å². The van der Waals surface area contributed by atoms with Gasteiger partial charge in [0.25, 0.3) is 0 Å². The topological polar surface area (TPSA) is 39.2 Å². The Morgan fingerprint density at radius 2 is 1.75 bits per heavy atom. The molecule has 0 atom stereocenters. The van der Waals surface area contributed by atoms with Gasteiger partial charge >= 0.3 is 6.36 Å². The third kappa shape index (κ3) is 3.48. The van der Waals surface area contributed by atoms with Crippen molar-refractivity contribution >= 4 is 17.9 Å². The van der Waals surface area contributed by atoms with Gasteiger partial charge in [-0.25, -0.2) is 4.98 Å². The van der Waals surface area contributed by atoms with Gasteiger partial charge in [0.15, 0.2) is 6.29 Å². The number of aldehydes is 1. The average molecular weight is 302 g/mol. The van der Waals surface area contributed by atoms with Crippen LogP contribution in [0.4, 0.5) is 13.2 Å². The van der Waals surface area contributed by atoms with Gasteiger partial charge in [-0.05, 0) is 36.4 Å². The molecule has 0 spiro atoms. The molecule has 2 aromatic rings. The van der Waals surface area contributed by atoms with Crippen molar-refractivity contribution in [3.05, 3.63) is 47.1 Å². The van der Waals surface area contributed by atoms with Crippen LogP contribution in [0.25, 0.3) is 11.3 Å². The number of alkyl halides is 3. The number of ether oxygens (including phenoxy) is 1. The number of halogens is 4. The molecule has 0 N–H and O–H groups in total. The standard InChI is InChI=1S/C13H7ClF3NO2/c14-10-5-6-11(18-12(10)7-19)8-1-3-9(4-2-8)20-13(15,16)17/h1-7H. The fourth-order valence-corrected chi connectivity index (χ4v) is 1.68. The van der Waals surface area contributed by atoms with Gasteiger partial charge in [0.2, 0.25) is 0 Å². The SMILES string of the molecule is O=Cc1nc(-c2ccc(OC(F)(F)F)cc2)ccc1Cl. The lowest BCUT2D eigenvalue weighted by Gasteiger charge is -2.09. The van der Waals surface area contributed by atoms with Crippen LogP contribution in [0.2, 0.25) is 5.02 Å². The van der Waals surface area contributed by atoms with Gasteiger partial charge in [-0.15, -0.1) is 13.2 Å². The molecule has 2 rings (SSSR count). The van der Waals surface area contributed by atoms with Crippen molar-refractivity contribution in [1.29, 1.82) is 0 Å². The lowest BCUT2D eigenvalue weighted by molar-refractivity contribution is -0.274. The fourth-order valence-electron chi connectivity index (χ4n) is 1.53. The number of rotatable bonds is 3. The molecule has 1 heterocycles. The number of carbonyl (C=O) groups is 1. The minimum atomic E-state index is -4.73. The minimum Gasteiger partial charge on any atom is -0.406 e. The van der Waals surface area contributed by atoms with Gasteiger partial charge in [0.1, 0.15) is 11.4 Å². The highest BCUT2D eigenvalue weighted by atomic mass is 35.5. The van der Waals surface area contributed by atoms with Gasteiger partial charge in [0.05, 0.1) is 10.7 Å². The molecule has 104 valence electrons. The monoisotopic (exact) mass is 301 g/mol. The lowest BCUT2D eigenvalue weighted by atomic mass is 10.1. The largest absolute Gasteiger partial charge is 0.573 e. The maximum atomic E-state index is 12.0. The second-order valence-electron chi connectivity index (χ2n) is 3.75. The molecular formula is C13H7ClF3NO2. The fraction of sp³-hybridized carbons (Fsp3) is 0.0769. The highest BCUT2D eigenvalue weighted by Crippen LogP contribution is 2.26. The van der Waals surface area contributed by atoms with E-state index in [1.807, 2.05) is 0 Å². The summed E-state index contributed by atoms with van der Waals surface area (Å²) in [6.45, 7) is 0. The number of hydrogen-bond donors (Lipinski definition) is 0. The molecule has 1 aromatic carbocycles. The third-order valence-electron chi connectivity index (χ3n) is 2.37. The highest BCUT2D eigenvalue weighted by molar-refractivity contribution is 6.32. The Morgan fingerprint density at radius 1 is 1.10 bits per heavy atom. The first kappa shape index (κ1) is 14.3. The van der Waals surface area contributed by atoms with Crippen LogP contribution >= 0.6 is 11.6 Å². The summed E-state index contributed by atoms with van der Waals surface area (Å²) >= 11 is 5.74. The smallest absolute Gasteiger partial charge is 0.406 e. The van der Waals surface area contributed by atoms with Gasteiger partial charge in [0, 0.05) is 5.56 Å². The van der Waals surface area contributed by atoms with Crippen molar-refractivity contribution in [2.75, 3.05) is 0 Å². The van der Waals surface area contributed by atoms with E-state index in [1.165, 1.54) is 30.3 Å². The van der Waals surface area contributed by atoms with Crippen LogP contribution in [0, 0.1) is 0 Å². The van der Waals surface area contributed by atoms with Crippen LogP contribution in [-0.2, 0) is 0 Å². The molecule has 0 aliphatic carbocycles. The summed E-state index contributed by atoms with van der Waals surface area (Å²) in [4.78, 5) is 14.7. The van der Waals surface area contributed by atoms with Crippen molar-refractivity contribution in [1.82, 2.24) is 4.98 Å². The number of carbonyl (C=O) groups excluding carboxylic acids is 1. The van der Waals surface area contributed by atoms with Crippen LogP contribution in [0.15, 0.2) is 36.4 Å². The van der Waals surface area contributed by atoms with Crippen LogP contribution in [0.5, 0.6) is 5.75 Å². The number of benzene rings is 1. The van der Waals surface area contributed by atoms with Crippen molar-refractivity contribution in [2.45, 2.75) is 6.36 Å². The molecule has 0 saturated carbocycles. The zero-order valence-corrected chi connectivity index (χ0v) is 10.6.